The molecule has 0 aliphatic carbocycles. The van der Waals surface area contributed by atoms with Gasteiger partial charge in [-0.25, -0.2) is 4.79 Å². The van der Waals surface area contributed by atoms with E-state index in [2.05, 4.69) is 10.6 Å². The molecule has 0 bridgehead atoms. The summed E-state index contributed by atoms with van der Waals surface area (Å²) in [4.78, 5) is 21.0. The van der Waals surface area contributed by atoms with Crippen LogP contribution in [0.25, 0.3) is 0 Å². The van der Waals surface area contributed by atoms with Crippen molar-refractivity contribution in [2.24, 2.45) is 0 Å². The van der Waals surface area contributed by atoms with Crippen LogP contribution < -0.4 is 10.6 Å². The number of hydrogen-bond donors (Lipinski definition) is 3. The van der Waals surface area contributed by atoms with Crippen molar-refractivity contribution in [3.05, 3.63) is 0 Å². The highest BCUT2D eigenvalue weighted by molar-refractivity contribution is 5.74. The fourth-order valence-electron chi connectivity index (χ4n) is 0.727. The van der Waals surface area contributed by atoms with Gasteiger partial charge in [-0.15, -0.1) is 0 Å². The van der Waals surface area contributed by atoms with Crippen molar-refractivity contribution in [2.75, 3.05) is 26.3 Å². The molecule has 2 amide bonds. The standard InChI is InChI=1S/C8H16N2O4/c1-2-14-6-5-10-8(13)9-4-3-7(11)12/h2-6H2,1H3,(H,11,12)(H2,9,10,13). The molecule has 0 heterocycles. The highest BCUT2D eigenvalue weighted by atomic mass is 16.5. The first kappa shape index (κ1) is 12.7. The van der Waals surface area contributed by atoms with E-state index < -0.39 is 5.97 Å². The van der Waals surface area contributed by atoms with Crippen molar-refractivity contribution in [3.8, 4) is 0 Å². The second kappa shape index (κ2) is 8.31. The highest BCUT2D eigenvalue weighted by Gasteiger charge is 2.00. The molecule has 3 N–H and O–H groups in total. The number of nitrogens with one attached hydrogen (secondary N) is 2. The van der Waals surface area contributed by atoms with E-state index in [-0.39, 0.29) is 19.0 Å². The van der Waals surface area contributed by atoms with E-state index in [1.165, 1.54) is 0 Å². The Kier molecular flexibility index (Phi) is 7.53. The minimum absolute atomic E-state index is 0.0706. The zero-order valence-electron chi connectivity index (χ0n) is 8.21. The van der Waals surface area contributed by atoms with Gasteiger partial charge in [0, 0.05) is 19.7 Å². The maximum absolute atomic E-state index is 10.9. The summed E-state index contributed by atoms with van der Waals surface area (Å²) in [6.45, 7) is 3.50. The normalized spacial score (nSPS) is 9.50. The molecule has 0 aromatic carbocycles. The van der Waals surface area contributed by atoms with Crippen LogP contribution in [0.2, 0.25) is 0 Å². The molecule has 0 aliphatic rings. The van der Waals surface area contributed by atoms with Gasteiger partial charge in [-0.1, -0.05) is 0 Å². The molecule has 0 fully saturated rings. The maximum Gasteiger partial charge on any atom is 0.314 e. The van der Waals surface area contributed by atoms with Crippen molar-refractivity contribution >= 4 is 12.0 Å². The number of rotatable bonds is 7. The monoisotopic (exact) mass is 204 g/mol. The van der Waals surface area contributed by atoms with Crippen molar-refractivity contribution in [1.29, 1.82) is 0 Å². The lowest BCUT2D eigenvalue weighted by Gasteiger charge is -2.06. The summed E-state index contributed by atoms with van der Waals surface area (Å²) in [5.74, 6) is -0.931. The third-order valence-electron chi connectivity index (χ3n) is 1.36. The lowest BCUT2D eigenvalue weighted by atomic mass is 10.4. The average Bonchev–Trinajstić information content (AvgIpc) is 2.12. The molecule has 0 unspecified atom stereocenters. The van der Waals surface area contributed by atoms with Gasteiger partial charge in [-0.3, -0.25) is 4.79 Å². The van der Waals surface area contributed by atoms with Crippen LogP contribution in [-0.2, 0) is 9.53 Å². The Bertz CT molecular complexity index is 184. The molecule has 0 aromatic heterocycles. The Labute approximate surface area is 82.6 Å². The minimum Gasteiger partial charge on any atom is -0.481 e. The molecule has 82 valence electrons. The predicted octanol–water partition coefficient (Wildman–Crippen LogP) is -0.203. The molecule has 0 aromatic rings. The molecule has 0 spiro atoms. The predicted molar refractivity (Wildman–Crippen MR) is 50.1 cm³/mol. The molecule has 0 saturated carbocycles. The molecule has 0 rings (SSSR count). The summed E-state index contributed by atoms with van der Waals surface area (Å²) in [5, 5.41) is 13.2. The highest BCUT2D eigenvalue weighted by Crippen LogP contribution is 1.76. The molecule has 6 heteroatoms. The fourth-order valence-corrected chi connectivity index (χ4v) is 0.727. The van der Waals surface area contributed by atoms with Gasteiger partial charge < -0.3 is 20.5 Å². The van der Waals surface area contributed by atoms with Crippen LogP contribution in [0.5, 0.6) is 0 Å². The number of amides is 2. The first-order chi connectivity index (χ1) is 6.66. The molecule has 14 heavy (non-hydrogen) atoms. The average molecular weight is 204 g/mol. The van der Waals surface area contributed by atoms with Crippen LogP contribution in [-0.4, -0.2) is 43.4 Å². The molecular weight excluding hydrogens is 188 g/mol. The number of carbonyl (C=O) groups excluding carboxylic acids is 1. The van der Waals surface area contributed by atoms with Crippen molar-refractivity contribution < 1.29 is 19.4 Å². The topological polar surface area (TPSA) is 87.7 Å². The van der Waals surface area contributed by atoms with Crippen LogP contribution in [0.4, 0.5) is 4.79 Å². The van der Waals surface area contributed by atoms with Gasteiger partial charge in [0.15, 0.2) is 0 Å². The van der Waals surface area contributed by atoms with Gasteiger partial charge in [0.2, 0.25) is 0 Å². The largest absolute Gasteiger partial charge is 0.481 e. The summed E-state index contributed by atoms with van der Waals surface area (Å²) in [5.41, 5.74) is 0. The van der Waals surface area contributed by atoms with E-state index in [1.54, 1.807) is 0 Å². The first-order valence-electron chi connectivity index (χ1n) is 4.48. The summed E-state index contributed by atoms with van der Waals surface area (Å²) >= 11 is 0. The maximum atomic E-state index is 10.9. The number of carbonyl (C=O) groups is 2. The number of ether oxygens (including phenoxy) is 1. The Morgan fingerprint density at radius 2 is 1.93 bits per heavy atom. The van der Waals surface area contributed by atoms with E-state index in [0.29, 0.717) is 19.8 Å². The molecule has 0 atom stereocenters. The van der Waals surface area contributed by atoms with Crippen LogP contribution in [0.1, 0.15) is 13.3 Å². The Morgan fingerprint density at radius 1 is 1.29 bits per heavy atom. The van der Waals surface area contributed by atoms with Gasteiger partial charge in [0.25, 0.3) is 0 Å². The van der Waals surface area contributed by atoms with Gasteiger partial charge in [0.1, 0.15) is 0 Å². The van der Waals surface area contributed by atoms with Gasteiger partial charge >= 0.3 is 12.0 Å². The van der Waals surface area contributed by atoms with Crippen molar-refractivity contribution in [3.63, 3.8) is 0 Å². The molecule has 0 radical (unpaired) electrons. The lowest BCUT2D eigenvalue weighted by Crippen LogP contribution is -2.38. The first-order valence-corrected chi connectivity index (χ1v) is 4.48. The van der Waals surface area contributed by atoms with Crippen LogP contribution in [0.3, 0.4) is 0 Å². The zero-order chi connectivity index (χ0) is 10.8. The van der Waals surface area contributed by atoms with Crippen molar-refractivity contribution in [1.82, 2.24) is 10.6 Å². The molecular formula is C8H16N2O4. The SMILES string of the molecule is CCOCCNC(=O)NCCC(=O)O. The molecule has 6 nitrogen and oxygen atoms in total. The number of carboxylic acid groups (broad SMARTS) is 1. The van der Waals surface area contributed by atoms with Gasteiger partial charge in [-0.2, -0.15) is 0 Å². The quantitative estimate of drug-likeness (QED) is 0.501. The third kappa shape index (κ3) is 8.79. The van der Waals surface area contributed by atoms with Crippen LogP contribution >= 0.6 is 0 Å². The number of urea groups is 1. The molecule has 0 saturated heterocycles. The minimum atomic E-state index is -0.931. The van der Waals surface area contributed by atoms with Crippen LogP contribution in [0.15, 0.2) is 0 Å². The molecule has 0 aliphatic heterocycles. The Hall–Kier alpha value is -1.30. The summed E-state index contributed by atoms with van der Waals surface area (Å²) in [6, 6.07) is -0.369. The number of carboxylic acids is 1. The Balaban J connectivity index is 3.24. The van der Waals surface area contributed by atoms with E-state index in [9.17, 15) is 9.59 Å². The fraction of sp³-hybridized carbons (Fsp3) is 0.750. The van der Waals surface area contributed by atoms with Crippen molar-refractivity contribution in [2.45, 2.75) is 13.3 Å². The Morgan fingerprint density at radius 3 is 2.50 bits per heavy atom. The summed E-state index contributed by atoms with van der Waals surface area (Å²) < 4.78 is 4.99. The van der Waals surface area contributed by atoms with E-state index in [1.807, 2.05) is 6.92 Å². The third-order valence-corrected chi connectivity index (χ3v) is 1.36. The van der Waals surface area contributed by atoms with E-state index in [4.69, 9.17) is 9.84 Å². The summed E-state index contributed by atoms with van der Waals surface area (Å²) in [6.07, 6.45) is -0.0706. The van der Waals surface area contributed by atoms with Gasteiger partial charge in [-0.05, 0) is 6.92 Å². The lowest BCUT2D eigenvalue weighted by molar-refractivity contribution is -0.136. The van der Waals surface area contributed by atoms with E-state index in [0.717, 1.165) is 0 Å². The number of aliphatic carboxylic acids is 1. The second-order valence-corrected chi connectivity index (χ2v) is 2.52. The van der Waals surface area contributed by atoms with Gasteiger partial charge in [0.05, 0.1) is 13.0 Å². The summed E-state index contributed by atoms with van der Waals surface area (Å²) in [7, 11) is 0. The van der Waals surface area contributed by atoms with E-state index >= 15 is 0 Å². The smallest absolute Gasteiger partial charge is 0.314 e. The zero-order valence-corrected chi connectivity index (χ0v) is 8.21. The van der Waals surface area contributed by atoms with Crippen LogP contribution in [0, 0.1) is 0 Å². The second-order valence-electron chi connectivity index (χ2n) is 2.52. The number of hydrogen-bond acceptors (Lipinski definition) is 3.